The van der Waals surface area contributed by atoms with Crippen molar-refractivity contribution in [3.05, 3.63) is 87.0 Å². The molecule has 0 aromatic heterocycles. The molecule has 2 aromatic rings. The van der Waals surface area contributed by atoms with Gasteiger partial charge in [0, 0.05) is 22.8 Å². The quantitative estimate of drug-likeness (QED) is 0.0503. The summed E-state index contributed by atoms with van der Waals surface area (Å²) >= 11 is 0. The van der Waals surface area contributed by atoms with Gasteiger partial charge in [-0.3, -0.25) is 0 Å². The lowest BCUT2D eigenvalue weighted by molar-refractivity contribution is -0.344. The van der Waals surface area contributed by atoms with Crippen molar-refractivity contribution in [3.8, 4) is 0 Å². The molecule has 0 aliphatic carbocycles. The molecule has 0 saturated heterocycles. The first kappa shape index (κ1) is 46.9. The summed E-state index contributed by atoms with van der Waals surface area (Å²) in [5.74, 6) is 0. The third kappa shape index (κ3) is 19.0. The fourth-order valence-electron chi connectivity index (χ4n) is 8.71. The topological polar surface area (TPSA) is 25.3 Å². The van der Waals surface area contributed by atoms with Crippen LogP contribution in [0.25, 0.3) is 16.9 Å². The second kappa shape index (κ2) is 29.7. The number of allylic oxidation sites excluding steroid dienone is 2. The molecule has 0 spiro atoms. The molecule has 0 bridgehead atoms. The van der Waals surface area contributed by atoms with Crippen molar-refractivity contribution >= 4 is 11.4 Å². The van der Waals surface area contributed by atoms with Crippen LogP contribution in [0.15, 0.2) is 48.0 Å². The first-order valence-corrected chi connectivity index (χ1v) is 24.2. The number of aryl methyl sites for hydroxylation is 4. The van der Waals surface area contributed by atoms with Crippen LogP contribution < -0.4 is 0 Å². The highest BCUT2D eigenvalue weighted by molar-refractivity contribution is 5.78. The summed E-state index contributed by atoms with van der Waals surface area (Å²) in [5, 5.41) is 0. The fourth-order valence-corrected chi connectivity index (χ4v) is 8.71. The van der Waals surface area contributed by atoms with Crippen molar-refractivity contribution < 1.29 is 4.70 Å². The van der Waals surface area contributed by atoms with Gasteiger partial charge < -0.3 is 5.53 Å². The third-order valence-electron chi connectivity index (χ3n) is 12.1. The average molecular weight is 751 g/mol. The van der Waals surface area contributed by atoms with Gasteiger partial charge in [0.2, 0.25) is 11.4 Å². The Morgan fingerprint density at radius 3 is 0.945 bits per heavy atom. The van der Waals surface area contributed by atoms with E-state index in [1.165, 1.54) is 219 Å². The number of rotatable bonds is 34. The highest BCUT2D eigenvalue weighted by Crippen LogP contribution is 2.37. The van der Waals surface area contributed by atoms with Gasteiger partial charge in [-0.1, -0.05) is 194 Å². The Labute approximate surface area is 342 Å². The first-order valence-electron chi connectivity index (χ1n) is 24.2. The van der Waals surface area contributed by atoms with Gasteiger partial charge >= 0.3 is 0 Å². The lowest BCUT2D eigenvalue weighted by Gasteiger charge is -2.14. The first-order chi connectivity index (χ1) is 27.0. The van der Waals surface area contributed by atoms with E-state index < -0.39 is 0 Å². The summed E-state index contributed by atoms with van der Waals surface area (Å²) in [7, 11) is 0. The Morgan fingerprint density at radius 2 is 0.636 bits per heavy atom. The van der Waals surface area contributed by atoms with Crippen LogP contribution in [0.5, 0.6) is 0 Å². The zero-order valence-electron chi connectivity index (χ0n) is 37.1. The lowest BCUT2D eigenvalue weighted by Crippen LogP contribution is -2.05. The second-order valence-electron chi connectivity index (χ2n) is 17.4. The Hall–Kier alpha value is -2.48. The maximum Gasteiger partial charge on any atom is 0.210 e. The van der Waals surface area contributed by atoms with Crippen molar-refractivity contribution in [1.29, 1.82) is 0 Å². The highest BCUT2D eigenvalue weighted by Gasteiger charge is 2.28. The van der Waals surface area contributed by atoms with E-state index >= 15 is 0 Å². The fraction of sp³-hybridized carbons (Fsp3) is 0.698. The molecule has 0 fully saturated rings. The molecule has 1 heterocycles. The van der Waals surface area contributed by atoms with E-state index in [1.807, 2.05) is 0 Å². The Kier molecular flexibility index (Phi) is 25.3. The minimum atomic E-state index is 0.944. The molecular formula is C53H86N2. The smallest absolute Gasteiger partial charge is 0.210 e. The summed E-state index contributed by atoms with van der Waals surface area (Å²) < 4.78 is 1.54. The van der Waals surface area contributed by atoms with Crippen LogP contribution in [0.4, 0.5) is 0 Å². The number of hydrogen-bond acceptors (Lipinski definition) is 0. The van der Waals surface area contributed by atoms with Crippen molar-refractivity contribution in [2.75, 3.05) is 0 Å². The number of nitrogens with zero attached hydrogens (tertiary/aromatic N) is 2. The van der Waals surface area contributed by atoms with Crippen molar-refractivity contribution in [1.82, 2.24) is 0 Å². The van der Waals surface area contributed by atoms with E-state index in [0.717, 1.165) is 37.1 Å². The molecule has 0 saturated carbocycles. The monoisotopic (exact) mass is 751 g/mol. The molecule has 2 aromatic carbocycles. The Morgan fingerprint density at radius 1 is 0.364 bits per heavy atom. The van der Waals surface area contributed by atoms with E-state index in [1.54, 1.807) is 4.70 Å². The highest BCUT2D eigenvalue weighted by atomic mass is 15.2. The molecule has 0 N–H and O–H groups in total. The minimum absolute atomic E-state index is 0.944. The molecule has 2 heteroatoms. The summed E-state index contributed by atoms with van der Waals surface area (Å²) in [4.78, 5) is 0. The van der Waals surface area contributed by atoms with Crippen molar-refractivity contribution in [2.45, 2.75) is 240 Å². The second-order valence-corrected chi connectivity index (χ2v) is 17.4. The van der Waals surface area contributed by atoms with Crippen LogP contribution in [-0.4, -0.2) is 4.70 Å². The largest absolute Gasteiger partial charge is 0.493 e. The van der Waals surface area contributed by atoms with Gasteiger partial charge in [-0.25, -0.2) is 4.70 Å². The molecule has 0 amide bonds. The van der Waals surface area contributed by atoms with Crippen LogP contribution in [0.3, 0.4) is 0 Å². The zero-order valence-corrected chi connectivity index (χ0v) is 37.1. The third-order valence-corrected chi connectivity index (χ3v) is 12.1. The average Bonchev–Trinajstić information content (AvgIpc) is 3.49. The number of unbranched alkanes of at least 4 members (excludes halogenated alkanes) is 24. The summed E-state index contributed by atoms with van der Waals surface area (Å²) in [5.41, 5.74) is 23.3. The van der Waals surface area contributed by atoms with Crippen molar-refractivity contribution in [3.63, 3.8) is 0 Å². The molecule has 308 valence electrons. The number of hydrogen-bond donors (Lipinski definition) is 0. The summed E-state index contributed by atoms with van der Waals surface area (Å²) in [6.45, 7) is 11.4. The number of benzene rings is 2. The maximum atomic E-state index is 12.1. The van der Waals surface area contributed by atoms with E-state index in [0.29, 0.717) is 0 Å². The minimum Gasteiger partial charge on any atom is -0.493 e. The predicted octanol–water partition coefficient (Wildman–Crippen LogP) is 17.7. The van der Waals surface area contributed by atoms with E-state index in [4.69, 9.17) is 0 Å². The molecule has 0 radical (unpaired) electrons. The van der Waals surface area contributed by atoms with Gasteiger partial charge in [-0.05, 0) is 105 Å². The molecule has 1 aliphatic heterocycles. The van der Waals surface area contributed by atoms with Crippen LogP contribution in [0.1, 0.15) is 248 Å². The summed E-state index contributed by atoms with van der Waals surface area (Å²) in [6, 6.07) is 14.5. The molecule has 0 atom stereocenters. The van der Waals surface area contributed by atoms with Gasteiger partial charge in [-0.2, -0.15) is 0 Å². The normalized spacial score (nSPS) is 13.0. The van der Waals surface area contributed by atoms with Gasteiger partial charge in [0.05, 0.1) is 0 Å². The van der Waals surface area contributed by atoms with Gasteiger partial charge in [0.1, 0.15) is 0 Å². The molecular weight excluding hydrogens is 665 g/mol. The van der Waals surface area contributed by atoms with Crippen molar-refractivity contribution in [2.24, 2.45) is 0 Å². The zero-order chi connectivity index (χ0) is 39.4. The molecule has 0 unspecified atom stereocenters. The molecule has 2 nitrogen and oxygen atoms in total. The SMILES string of the molecule is CCCCCCCCCCc1cc(CCCCCCCCCC)cc(C2=C(C)C=C(c3cc(CCCCCCCC)cc(CCCCCCCC)c3)[N+]2=[N-])c1. The van der Waals surface area contributed by atoms with Crippen LogP contribution in [0.2, 0.25) is 0 Å². The maximum absolute atomic E-state index is 12.1. The van der Waals surface area contributed by atoms with Crippen LogP contribution in [-0.2, 0) is 25.7 Å². The van der Waals surface area contributed by atoms with E-state index in [-0.39, 0.29) is 0 Å². The van der Waals surface area contributed by atoms with Crippen LogP contribution >= 0.6 is 0 Å². The predicted molar refractivity (Wildman–Crippen MR) is 244 cm³/mol. The Bertz CT molecular complexity index is 1320. The molecule has 1 aliphatic rings. The standard InChI is InChI=1S/C53H86N2/c1-6-10-14-18-22-24-28-32-36-48-40-49(37-33-29-25-23-19-15-11-7-2)44-51(43-48)53-45(5)38-52(55(53)54)50-41-46(34-30-26-20-16-12-8-3)39-47(42-50)35-31-27-21-17-13-9-4/h38-44H,6-37H2,1-5H3. The van der Waals surface area contributed by atoms with E-state index in [9.17, 15) is 5.53 Å². The summed E-state index contributed by atoms with van der Waals surface area (Å²) in [6.07, 6.45) is 44.2. The molecule has 55 heavy (non-hydrogen) atoms. The lowest BCUT2D eigenvalue weighted by atomic mass is 9.95. The molecule has 3 rings (SSSR count). The van der Waals surface area contributed by atoms with Gasteiger partial charge in [0.25, 0.3) is 0 Å². The Balaban J connectivity index is 1.76. The van der Waals surface area contributed by atoms with E-state index in [2.05, 4.69) is 77.1 Å². The van der Waals surface area contributed by atoms with Gasteiger partial charge in [0.15, 0.2) is 0 Å². The van der Waals surface area contributed by atoms with Crippen LogP contribution in [0, 0.1) is 0 Å². The van der Waals surface area contributed by atoms with Gasteiger partial charge in [-0.15, -0.1) is 0 Å².